The normalized spacial score (nSPS) is 17.0. The number of amides is 1. The predicted octanol–water partition coefficient (Wildman–Crippen LogP) is 2.39. The molecule has 10 heteroatoms. The van der Waals surface area contributed by atoms with Crippen LogP contribution in [0.5, 0.6) is 0 Å². The summed E-state index contributed by atoms with van der Waals surface area (Å²) < 4.78 is 23.1. The molecular formula is C19H20ClN3O5S. The Morgan fingerprint density at radius 2 is 1.76 bits per heavy atom. The molecule has 2 aromatic rings. The molecule has 3 rings (SSSR count). The highest BCUT2D eigenvalue weighted by atomic mass is 35.5. The minimum atomic E-state index is -3.84. The molecular weight excluding hydrogens is 418 g/mol. The van der Waals surface area contributed by atoms with Crippen LogP contribution in [0.2, 0.25) is 5.02 Å². The first-order valence-electron chi connectivity index (χ1n) is 8.70. The number of hydrogen-bond donors (Lipinski definition) is 3. The van der Waals surface area contributed by atoms with Crippen molar-refractivity contribution in [3.63, 3.8) is 0 Å². The van der Waals surface area contributed by atoms with Gasteiger partial charge in [-0.3, -0.25) is 10.0 Å². The van der Waals surface area contributed by atoms with Crippen molar-refractivity contribution in [1.29, 1.82) is 0 Å². The zero-order chi connectivity index (χ0) is 21.2. The molecule has 29 heavy (non-hydrogen) atoms. The van der Waals surface area contributed by atoms with Crippen molar-refractivity contribution in [1.82, 2.24) is 10.5 Å². The number of sulfonamides is 1. The quantitative estimate of drug-likeness (QED) is 0.637. The molecule has 8 nitrogen and oxygen atoms in total. The molecule has 1 aliphatic heterocycles. The van der Waals surface area contributed by atoms with Crippen LogP contribution in [0.4, 0.5) is 0 Å². The Kier molecular flexibility index (Phi) is 6.25. The van der Waals surface area contributed by atoms with Crippen LogP contribution >= 0.6 is 11.6 Å². The summed E-state index contributed by atoms with van der Waals surface area (Å²) in [5, 5.41) is 19.3. The molecule has 0 radical (unpaired) electrons. The monoisotopic (exact) mass is 437 g/mol. The van der Waals surface area contributed by atoms with E-state index in [1.165, 1.54) is 19.2 Å². The molecule has 0 spiro atoms. The van der Waals surface area contributed by atoms with Crippen LogP contribution in [-0.4, -0.2) is 37.9 Å². The Balaban J connectivity index is 2.08. The van der Waals surface area contributed by atoms with Crippen LogP contribution in [0, 0.1) is 0 Å². The van der Waals surface area contributed by atoms with E-state index in [0.29, 0.717) is 39.1 Å². The highest BCUT2D eigenvalue weighted by Gasteiger charge is 2.34. The number of nitrogens with one attached hydrogen (secondary N) is 1. The maximum atomic E-state index is 11.7. The Morgan fingerprint density at radius 3 is 2.31 bits per heavy atom. The van der Waals surface area contributed by atoms with Crippen molar-refractivity contribution in [2.45, 2.75) is 23.8 Å². The fraction of sp³-hybridized carbons (Fsp3) is 0.211. The molecule has 0 aromatic heterocycles. The van der Waals surface area contributed by atoms with Gasteiger partial charge in [0.25, 0.3) is 0 Å². The fourth-order valence-electron chi connectivity index (χ4n) is 3.09. The standard InChI is InChI=1S/C19H20ClN3O5S/c1-22-17(24)11-10-16-18(12-4-8-15(9-5-12)29(21,26)27)19(23(25)28-16)13-2-6-14(20)7-3-13/h2-9,16,25H,10-11H2,1H3,(H,22,24)(H2,21,26,27). The number of rotatable bonds is 6. The predicted molar refractivity (Wildman–Crippen MR) is 108 cm³/mol. The number of carbonyl (C=O) groups is 1. The van der Waals surface area contributed by atoms with E-state index in [1.54, 1.807) is 36.4 Å². The molecule has 0 fully saturated rings. The van der Waals surface area contributed by atoms with E-state index in [-0.39, 0.29) is 17.2 Å². The Labute approximate surface area is 173 Å². The van der Waals surface area contributed by atoms with E-state index in [2.05, 4.69) is 5.32 Å². The summed E-state index contributed by atoms with van der Waals surface area (Å²) in [4.78, 5) is 17.2. The van der Waals surface area contributed by atoms with Gasteiger partial charge < -0.3 is 5.32 Å². The Bertz CT molecular complexity index is 1040. The average Bonchev–Trinajstić information content (AvgIpc) is 3.02. The zero-order valence-electron chi connectivity index (χ0n) is 15.5. The van der Waals surface area contributed by atoms with Crippen molar-refractivity contribution in [2.24, 2.45) is 5.14 Å². The van der Waals surface area contributed by atoms with Crippen molar-refractivity contribution >= 4 is 38.8 Å². The first-order valence-corrected chi connectivity index (χ1v) is 10.6. The van der Waals surface area contributed by atoms with Crippen molar-refractivity contribution in [3.05, 3.63) is 64.7 Å². The fourth-order valence-corrected chi connectivity index (χ4v) is 3.73. The van der Waals surface area contributed by atoms with E-state index in [4.69, 9.17) is 21.6 Å². The molecule has 2 aromatic carbocycles. The lowest BCUT2D eigenvalue weighted by Crippen LogP contribution is -2.22. The lowest BCUT2D eigenvalue weighted by atomic mass is 9.93. The third kappa shape index (κ3) is 4.77. The molecule has 1 amide bonds. The summed E-state index contributed by atoms with van der Waals surface area (Å²) in [6.07, 6.45) is -0.134. The third-order valence-corrected chi connectivity index (χ3v) is 5.70. The summed E-state index contributed by atoms with van der Waals surface area (Å²) in [6, 6.07) is 12.7. The first-order chi connectivity index (χ1) is 13.7. The largest absolute Gasteiger partial charge is 0.359 e. The number of carbonyl (C=O) groups excluding carboxylic acids is 1. The molecule has 1 aliphatic rings. The highest BCUT2D eigenvalue weighted by Crippen LogP contribution is 2.40. The average molecular weight is 438 g/mol. The second kappa shape index (κ2) is 8.52. The van der Waals surface area contributed by atoms with Gasteiger partial charge in [-0.05, 0) is 36.2 Å². The molecule has 0 saturated carbocycles. The highest BCUT2D eigenvalue weighted by molar-refractivity contribution is 7.89. The van der Waals surface area contributed by atoms with Crippen LogP contribution in [0.3, 0.4) is 0 Å². The van der Waals surface area contributed by atoms with Gasteiger partial charge in [-0.25, -0.2) is 18.4 Å². The second-order valence-electron chi connectivity index (χ2n) is 6.42. The van der Waals surface area contributed by atoms with Crippen LogP contribution in [0.1, 0.15) is 24.0 Å². The molecule has 0 saturated heterocycles. The summed E-state index contributed by atoms with van der Waals surface area (Å²) in [6.45, 7) is 0. The third-order valence-electron chi connectivity index (χ3n) is 4.52. The molecule has 1 unspecified atom stereocenters. The summed E-state index contributed by atoms with van der Waals surface area (Å²) in [7, 11) is -2.30. The summed E-state index contributed by atoms with van der Waals surface area (Å²) in [5.41, 5.74) is 2.26. The topological polar surface area (TPSA) is 122 Å². The molecule has 154 valence electrons. The van der Waals surface area contributed by atoms with Crippen LogP contribution < -0.4 is 10.5 Å². The molecule has 1 atom stereocenters. The van der Waals surface area contributed by atoms with Gasteiger partial charge in [0.05, 0.1) is 4.90 Å². The van der Waals surface area contributed by atoms with Crippen molar-refractivity contribution < 1.29 is 23.3 Å². The maximum absolute atomic E-state index is 11.7. The number of halogens is 1. The Hall–Kier alpha value is -2.43. The molecule has 0 aliphatic carbocycles. The SMILES string of the molecule is CNC(=O)CCC1ON(O)C(c2ccc(Cl)cc2)=C1c1ccc(S(N)(=O)=O)cc1. The van der Waals surface area contributed by atoms with Crippen molar-refractivity contribution in [3.8, 4) is 0 Å². The van der Waals surface area contributed by atoms with E-state index < -0.39 is 16.1 Å². The van der Waals surface area contributed by atoms with E-state index in [9.17, 15) is 18.4 Å². The lowest BCUT2D eigenvalue weighted by Gasteiger charge is -2.14. The van der Waals surface area contributed by atoms with Crippen LogP contribution in [-0.2, 0) is 19.7 Å². The van der Waals surface area contributed by atoms with Gasteiger partial charge in [0.1, 0.15) is 11.8 Å². The van der Waals surface area contributed by atoms with Crippen LogP contribution in [0.25, 0.3) is 11.3 Å². The second-order valence-corrected chi connectivity index (χ2v) is 8.42. The number of primary sulfonamides is 1. The molecule has 4 N–H and O–H groups in total. The number of nitrogens with two attached hydrogens (primary N) is 1. The molecule has 0 bridgehead atoms. The zero-order valence-corrected chi connectivity index (χ0v) is 17.1. The Morgan fingerprint density at radius 1 is 1.17 bits per heavy atom. The van der Waals surface area contributed by atoms with Gasteiger partial charge in [0.15, 0.2) is 0 Å². The number of hydrogen-bond acceptors (Lipinski definition) is 6. The van der Waals surface area contributed by atoms with Gasteiger partial charge in [0.2, 0.25) is 15.9 Å². The number of benzene rings is 2. The van der Waals surface area contributed by atoms with Gasteiger partial charge in [0, 0.05) is 29.6 Å². The van der Waals surface area contributed by atoms with Crippen LogP contribution in [0.15, 0.2) is 53.4 Å². The smallest absolute Gasteiger partial charge is 0.238 e. The lowest BCUT2D eigenvalue weighted by molar-refractivity contribution is -0.297. The maximum Gasteiger partial charge on any atom is 0.238 e. The van der Waals surface area contributed by atoms with E-state index in [0.717, 1.165) is 0 Å². The number of nitrogens with zero attached hydrogens (tertiary/aromatic N) is 1. The summed E-state index contributed by atoms with van der Waals surface area (Å²) >= 11 is 5.96. The summed E-state index contributed by atoms with van der Waals surface area (Å²) in [5.74, 6) is -0.165. The minimum Gasteiger partial charge on any atom is -0.359 e. The van der Waals surface area contributed by atoms with Crippen molar-refractivity contribution in [2.75, 3.05) is 7.05 Å². The minimum absolute atomic E-state index is 0.0310. The number of hydroxylamine groups is 2. The van der Waals surface area contributed by atoms with Gasteiger partial charge in [-0.2, -0.15) is 0 Å². The van der Waals surface area contributed by atoms with Gasteiger partial charge in [-0.15, -0.1) is 5.23 Å². The molecule has 1 heterocycles. The van der Waals surface area contributed by atoms with E-state index >= 15 is 0 Å². The van der Waals surface area contributed by atoms with E-state index in [1.807, 2.05) is 0 Å². The van der Waals surface area contributed by atoms with Gasteiger partial charge >= 0.3 is 0 Å². The van der Waals surface area contributed by atoms with Gasteiger partial charge in [-0.1, -0.05) is 35.9 Å². The first kappa shape index (κ1) is 21.3.